The Hall–Kier alpha value is -2.14. The Bertz CT molecular complexity index is 626. The fourth-order valence-corrected chi connectivity index (χ4v) is 1.71. The zero-order valence-corrected chi connectivity index (χ0v) is 10.3. The Morgan fingerprint density at radius 2 is 1.74 bits per heavy atom. The molecule has 3 nitrogen and oxygen atoms in total. The van der Waals surface area contributed by atoms with Crippen LogP contribution in [0.15, 0.2) is 36.4 Å². The van der Waals surface area contributed by atoms with Gasteiger partial charge in [-0.3, -0.25) is 4.79 Å². The summed E-state index contributed by atoms with van der Waals surface area (Å²) < 4.78 is 26.0. The van der Waals surface area contributed by atoms with Crippen molar-refractivity contribution in [1.29, 1.82) is 0 Å². The summed E-state index contributed by atoms with van der Waals surface area (Å²) in [6, 6.07) is 7.07. The van der Waals surface area contributed by atoms with E-state index in [4.69, 9.17) is 17.3 Å². The molecule has 0 bridgehead atoms. The lowest BCUT2D eigenvalue weighted by Crippen LogP contribution is -2.13. The highest BCUT2D eigenvalue weighted by Gasteiger charge is 2.11. The Kier molecular flexibility index (Phi) is 3.66. The van der Waals surface area contributed by atoms with Gasteiger partial charge in [0.05, 0.1) is 11.4 Å². The highest BCUT2D eigenvalue weighted by Crippen LogP contribution is 2.23. The van der Waals surface area contributed by atoms with Gasteiger partial charge in [-0.2, -0.15) is 0 Å². The molecule has 0 aliphatic heterocycles. The first-order chi connectivity index (χ1) is 8.95. The number of nitrogens with one attached hydrogen (secondary N) is 1. The van der Waals surface area contributed by atoms with Crippen molar-refractivity contribution in [3.05, 3.63) is 58.6 Å². The Balaban J connectivity index is 2.25. The van der Waals surface area contributed by atoms with E-state index in [9.17, 15) is 13.6 Å². The van der Waals surface area contributed by atoms with Crippen LogP contribution >= 0.6 is 11.6 Å². The van der Waals surface area contributed by atoms with E-state index in [1.54, 1.807) is 6.07 Å². The lowest BCUT2D eigenvalue weighted by Gasteiger charge is -2.08. The zero-order valence-electron chi connectivity index (χ0n) is 9.58. The van der Waals surface area contributed by atoms with Gasteiger partial charge in [0.25, 0.3) is 5.91 Å². The number of halogens is 3. The smallest absolute Gasteiger partial charge is 0.255 e. The highest BCUT2D eigenvalue weighted by atomic mass is 35.5. The Labute approximate surface area is 113 Å². The molecule has 0 saturated carbocycles. The third-order valence-corrected chi connectivity index (χ3v) is 2.62. The number of nitrogen functional groups attached to an aromatic ring is 1. The summed E-state index contributed by atoms with van der Waals surface area (Å²) in [6.07, 6.45) is 0. The Morgan fingerprint density at radius 1 is 1.11 bits per heavy atom. The second-order valence-electron chi connectivity index (χ2n) is 3.84. The quantitative estimate of drug-likeness (QED) is 0.829. The minimum atomic E-state index is -0.825. The minimum absolute atomic E-state index is 0.133. The number of carbonyl (C=O) groups is 1. The molecule has 0 spiro atoms. The molecule has 0 saturated heterocycles. The van der Waals surface area contributed by atoms with Crippen LogP contribution in [-0.2, 0) is 0 Å². The molecule has 19 heavy (non-hydrogen) atoms. The average molecular weight is 283 g/mol. The molecular formula is C13H9ClF2N2O. The topological polar surface area (TPSA) is 55.1 Å². The number of nitrogens with two attached hydrogens (primary N) is 1. The number of rotatable bonds is 2. The lowest BCUT2D eigenvalue weighted by atomic mass is 10.2. The SMILES string of the molecule is Nc1cc(Cl)ccc1NC(=O)c1cc(F)cc(F)c1. The molecule has 3 N–H and O–H groups in total. The van der Waals surface area contributed by atoms with Gasteiger partial charge in [-0.25, -0.2) is 8.78 Å². The molecule has 6 heteroatoms. The van der Waals surface area contributed by atoms with Crippen LogP contribution in [0.5, 0.6) is 0 Å². The normalized spacial score (nSPS) is 10.3. The summed E-state index contributed by atoms with van der Waals surface area (Å²) in [6.45, 7) is 0. The van der Waals surface area contributed by atoms with Gasteiger partial charge in [0.1, 0.15) is 11.6 Å². The van der Waals surface area contributed by atoms with Gasteiger partial charge in [0.15, 0.2) is 0 Å². The number of hydrogen-bond acceptors (Lipinski definition) is 2. The van der Waals surface area contributed by atoms with Crippen molar-refractivity contribution >= 4 is 28.9 Å². The van der Waals surface area contributed by atoms with Crippen molar-refractivity contribution in [2.75, 3.05) is 11.1 Å². The molecule has 2 aromatic carbocycles. The van der Waals surface area contributed by atoms with Gasteiger partial charge in [-0.15, -0.1) is 0 Å². The molecule has 0 fully saturated rings. The average Bonchev–Trinajstić information content (AvgIpc) is 2.31. The summed E-state index contributed by atoms with van der Waals surface area (Å²) >= 11 is 5.72. The van der Waals surface area contributed by atoms with Crippen LogP contribution in [-0.4, -0.2) is 5.91 Å². The van der Waals surface area contributed by atoms with E-state index in [2.05, 4.69) is 5.32 Å². The second-order valence-corrected chi connectivity index (χ2v) is 4.28. The van der Waals surface area contributed by atoms with Gasteiger partial charge in [-0.05, 0) is 30.3 Å². The molecule has 2 rings (SSSR count). The van der Waals surface area contributed by atoms with Crippen molar-refractivity contribution in [3.8, 4) is 0 Å². The minimum Gasteiger partial charge on any atom is -0.397 e. The summed E-state index contributed by atoms with van der Waals surface area (Å²) in [7, 11) is 0. The van der Waals surface area contributed by atoms with Crippen molar-refractivity contribution in [2.24, 2.45) is 0 Å². The predicted octanol–water partition coefficient (Wildman–Crippen LogP) is 3.45. The van der Waals surface area contributed by atoms with Crippen molar-refractivity contribution in [1.82, 2.24) is 0 Å². The Morgan fingerprint density at radius 3 is 2.32 bits per heavy atom. The van der Waals surface area contributed by atoms with E-state index in [1.807, 2.05) is 0 Å². The third kappa shape index (κ3) is 3.20. The zero-order chi connectivity index (χ0) is 14.0. The molecule has 98 valence electrons. The number of amides is 1. The maximum Gasteiger partial charge on any atom is 0.255 e. The van der Waals surface area contributed by atoms with Crippen LogP contribution < -0.4 is 11.1 Å². The maximum absolute atomic E-state index is 13.0. The number of benzene rings is 2. The highest BCUT2D eigenvalue weighted by molar-refractivity contribution is 6.31. The van der Waals surface area contributed by atoms with Crippen LogP contribution in [0.25, 0.3) is 0 Å². The molecular weight excluding hydrogens is 274 g/mol. The largest absolute Gasteiger partial charge is 0.397 e. The van der Waals surface area contributed by atoms with Gasteiger partial charge < -0.3 is 11.1 Å². The van der Waals surface area contributed by atoms with Crippen LogP contribution in [0.4, 0.5) is 20.2 Å². The standard InChI is InChI=1S/C13H9ClF2N2O/c14-8-1-2-12(11(17)5-8)18-13(19)7-3-9(15)6-10(16)4-7/h1-6H,17H2,(H,18,19). The molecule has 2 aromatic rings. The molecule has 0 aliphatic carbocycles. The predicted molar refractivity (Wildman–Crippen MR) is 70.2 cm³/mol. The first kappa shape index (κ1) is 13.3. The first-order valence-corrected chi connectivity index (χ1v) is 5.66. The van der Waals surface area contributed by atoms with E-state index in [0.29, 0.717) is 16.8 Å². The monoisotopic (exact) mass is 282 g/mol. The van der Waals surface area contributed by atoms with Gasteiger partial charge in [0.2, 0.25) is 0 Å². The number of hydrogen-bond donors (Lipinski definition) is 2. The van der Waals surface area contributed by atoms with E-state index >= 15 is 0 Å². The fourth-order valence-electron chi connectivity index (χ4n) is 1.53. The fraction of sp³-hybridized carbons (Fsp3) is 0. The molecule has 0 aromatic heterocycles. The molecule has 0 radical (unpaired) electrons. The summed E-state index contributed by atoms with van der Waals surface area (Å²) in [5.74, 6) is -2.31. The van der Waals surface area contributed by atoms with E-state index in [0.717, 1.165) is 12.1 Å². The maximum atomic E-state index is 13.0. The van der Waals surface area contributed by atoms with Crippen LogP contribution in [0, 0.1) is 11.6 Å². The van der Waals surface area contributed by atoms with Crippen molar-refractivity contribution < 1.29 is 13.6 Å². The summed E-state index contributed by atoms with van der Waals surface area (Å²) in [4.78, 5) is 11.8. The van der Waals surface area contributed by atoms with Crippen LogP contribution in [0.1, 0.15) is 10.4 Å². The van der Waals surface area contributed by atoms with E-state index < -0.39 is 17.5 Å². The van der Waals surface area contributed by atoms with Crippen molar-refractivity contribution in [2.45, 2.75) is 0 Å². The summed E-state index contributed by atoms with van der Waals surface area (Å²) in [5, 5.41) is 2.88. The first-order valence-electron chi connectivity index (χ1n) is 5.28. The number of anilines is 2. The number of carbonyl (C=O) groups excluding carboxylic acids is 1. The second kappa shape index (κ2) is 5.24. The molecule has 0 atom stereocenters. The van der Waals surface area contributed by atoms with Gasteiger partial charge in [0, 0.05) is 16.7 Å². The third-order valence-electron chi connectivity index (χ3n) is 2.39. The van der Waals surface area contributed by atoms with Gasteiger partial charge in [-0.1, -0.05) is 11.6 Å². The van der Waals surface area contributed by atoms with Crippen molar-refractivity contribution in [3.63, 3.8) is 0 Å². The van der Waals surface area contributed by atoms with Crippen LogP contribution in [0.3, 0.4) is 0 Å². The molecule has 0 unspecified atom stereocenters. The van der Waals surface area contributed by atoms with Gasteiger partial charge >= 0.3 is 0 Å². The van der Waals surface area contributed by atoms with E-state index in [1.165, 1.54) is 12.1 Å². The lowest BCUT2D eigenvalue weighted by molar-refractivity contribution is 0.102. The van der Waals surface area contributed by atoms with Crippen LogP contribution in [0.2, 0.25) is 5.02 Å². The van der Waals surface area contributed by atoms with E-state index in [-0.39, 0.29) is 11.3 Å². The summed E-state index contributed by atoms with van der Waals surface area (Å²) in [5.41, 5.74) is 6.11. The molecule has 1 amide bonds. The molecule has 0 heterocycles. The molecule has 0 aliphatic rings.